The smallest absolute Gasteiger partial charge is 0.263 e. The molecule has 39 heavy (non-hydrogen) atoms. The number of benzene rings is 3. The highest BCUT2D eigenvalue weighted by Crippen LogP contribution is 2.21. The van der Waals surface area contributed by atoms with Gasteiger partial charge in [-0.1, -0.05) is 59.6 Å². The monoisotopic (exact) mass is 540 g/mol. The van der Waals surface area contributed by atoms with E-state index in [2.05, 4.69) is 15.1 Å². The minimum absolute atomic E-state index is 0.0924. The SMILES string of the molecule is Cc1ccc(Cn2c(=O)c3ccccc3n3c(CCC(=O)N4CCN(c5cccc(Cl)c5)CC4)nnc23)cc1. The van der Waals surface area contributed by atoms with Gasteiger partial charge in [0.25, 0.3) is 5.56 Å². The first kappa shape index (κ1) is 25.1. The third-order valence-corrected chi connectivity index (χ3v) is 7.64. The summed E-state index contributed by atoms with van der Waals surface area (Å²) >= 11 is 6.15. The summed E-state index contributed by atoms with van der Waals surface area (Å²) < 4.78 is 3.59. The third-order valence-electron chi connectivity index (χ3n) is 7.40. The van der Waals surface area contributed by atoms with E-state index in [1.807, 2.05) is 89.0 Å². The molecule has 2 aromatic heterocycles. The van der Waals surface area contributed by atoms with Crippen molar-refractivity contribution in [3.63, 3.8) is 0 Å². The summed E-state index contributed by atoms with van der Waals surface area (Å²) in [5.74, 6) is 1.25. The van der Waals surface area contributed by atoms with Gasteiger partial charge in [-0.3, -0.25) is 18.6 Å². The molecule has 0 unspecified atom stereocenters. The number of halogens is 1. The van der Waals surface area contributed by atoms with Gasteiger partial charge in [0.2, 0.25) is 11.7 Å². The minimum Gasteiger partial charge on any atom is -0.368 e. The predicted molar refractivity (Wildman–Crippen MR) is 154 cm³/mol. The number of nitrogens with zero attached hydrogens (tertiary/aromatic N) is 6. The lowest BCUT2D eigenvalue weighted by Crippen LogP contribution is -2.48. The van der Waals surface area contributed by atoms with E-state index in [4.69, 9.17) is 11.6 Å². The van der Waals surface area contributed by atoms with Gasteiger partial charge in [0.05, 0.1) is 17.4 Å². The topological polar surface area (TPSA) is 75.7 Å². The van der Waals surface area contributed by atoms with Crippen LogP contribution in [0.3, 0.4) is 0 Å². The van der Waals surface area contributed by atoms with Crippen molar-refractivity contribution in [3.8, 4) is 0 Å². The zero-order valence-electron chi connectivity index (χ0n) is 21.8. The normalized spacial score (nSPS) is 13.9. The van der Waals surface area contributed by atoms with Crippen LogP contribution in [0.1, 0.15) is 23.4 Å². The van der Waals surface area contributed by atoms with Gasteiger partial charge in [0.1, 0.15) is 5.82 Å². The molecule has 9 heteroatoms. The van der Waals surface area contributed by atoms with Crippen molar-refractivity contribution in [2.45, 2.75) is 26.3 Å². The van der Waals surface area contributed by atoms with Crippen molar-refractivity contribution >= 4 is 39.9 Å². The first-order valence-electron chi connectivity index (χ1n) is 13.2. The largest absolute Gasteiger partial charge is 0.368 e. The second kappa shape index (κ2) is 10.5. The van der Waals surface area contributed by atoms with Crippen LogP contribution in [0.25, 0.3) is 16.7 Å². The van der Waals surface area contributed by atoms with Crippen molar-refractivity contribution in [1.82, 2.24) is 24.1 Å². The lowest BCUT2D eigenvalue weighted by Gasteiger charge is -2.36. The molecular weight excluding hydrogens is 512 g/mol. The van der Waals surface area contributed by atoms with Crippen LogP contribution in [0.2, 0.25) is 5.02 Å². The average molecular weight is 541 g/mol. The number of aryl methyl sites for hydroxylation is 2. The van der Waals surface area contributed by atoms with Crippen LogP contribution in [0.15, 0.2) is 77.6 Å². The molecule has 198 valence electrons. The molecule has 1 aliphatic rings. The molecule has 1 fully saturated rings. The maximum absolute atomic E-state index is 13.5. The van der Waals surface area contributed by atoms with E-state index in [0.717, 1.165) is 35.4 Å². The van der Waals surface area contributed by atoms with Gasteiger partial charge in [-0.05, 0) is 42.8 Å². The number of rotatable bonds is 6. The van der Waals surface area contributed by atoms with E-state index in [-0.39, 0.29) is 11.5 Å². The minimum atomic E-state index is -0.105. The molecule has 5 aromatic rings. The zero-order chi connectivity index (χ0) is 26.9. The number of carbonyl (C=O) groups is 1. The van der Waals surface area contributed by atoms with Gasteiger partial charge in [-0.2, -0.15) is 0 Å². The molecule has 1 saturated heterocycles. The van der Waals surface area contributed by atoms with Gasteiger partial charge in [-0.25, -0.2) is 0 Å². The summed E-state index contributed by atoms with van der Waals surface area (Å²) in [6.07, 6.45) is 0.755. The van der Waals surface area contributed by atoms with Crippen molar-refractivity contribution in [2.24, 2.45) is 0 Å². The first-order valence-corrected chi connectivity index (χ1v) is 13.5. The number of amides is 1. The molecular formula is C30H29ClN6O2. The molecule has 0 spiro atoms. The second-order valence-corrected chi connectivity index (χ2v) is 10.4. The molecule has 0 saturated carbocycles. The van der Waals surface area contributed by atoms with E-state index in [1.165, 1.54) is 0 Å². The standard InChI is InChI=1S/C30H29ClN6O2/c1-21-9-11-22(12-10-21)20-36-29(39)25-7-2-3-8-26(25)37-27(32-33-30(36)37)13-14-28(38)35-17-15-34(16-18-35)24-6-4-5-23(31)19-24/h2-12,19H,13-18,20H2,1H3. The summed E-state index contributed by atoms with van der Waals surface area (Å²) in [4.78, 5) is 30.8. The Hall–Kier alpha value is -4.17. The van der Waals surface area contributed by atoms with E-state index in [0.29, 0.717) is 54.5 Å². The number of anilines is 1. The van der Waals surface area contributed by atoms with Gasteiger partial charge in [0, 0.05) is 49.7 Å². The fraction of sp³-hybridized carbons (Fsp3) is 0.267. The van der Waals surface area contributed by atoms with Gasteiger partial charge >= 0.3 is 0 Å². The fourth-order valence-corrected chi connectivity index (χ4v) is 5.44. The summed E-state index contributed by atoms with van der Waals surface area (Å²) in [5.41, 5.74) is 3.89. The van der Waals surface area contributed by atoms with Crippen molar-refractivity contribution < 1.29 is 4.79 Å². The highest BCUT2D eigenvalue weighted by atomic mass is 35.5. The van der Waals surface area contributed by atoms with E-state index in [9.17, 15) is 9.59 Å². The van der Waals surface area contributed by atoms with E-state index >= 15 is 0 Å². The number of fused-ring (bicyclic) bond motifs is 3. The van der Waals surface area contributed by atoms with Crippen molar-refractivity contribution in [2.75, 3.05) is 31.1 Å². The quantitative estimate of drug-likeness (QED) is 0.320. The molecule has 0 aliphatic carbocycles. The summed E-state index contributed by atoms with van der Waals surface area (Å²) in [6, 6.07) is 23.4. The van der Waals surface area contributed by atoms with Crippen molar-refractivity contribution in [3.05, 3.63) is 105 Å². The molecule has 1 amide bonds. The highest BCUT2D eigenvalue weighted by Gasteiger charge is 2.23. The number of hydrogen-bond donors (Lipinski definition) is 0. The lowest BCUT2D eigenvalue weighted by molar-refractivity contribution is -0.131. The molecule has 1 aliphatic heterocycles. The Labute approximate surface area is 231 Å². The molecule has 6 rings (SSSR count). The molecule has 0 radical (unpaired) electrons. The summed E-state index contributed by atoms with van der Waals surface area (Å²) in [7, 11) is 0. The number of hydrogen-bond acceptors (Lipinski definition) is 5. The summed E-state index contributed by atoms with van der Waals surface area (Å²) in [6.45, 7) is 5.26. The Morgan fingerprint density at radius 1 is 0.923 bits per heavy atom. The van der Waals surface area contributed by atoms with Crippen molar-refractivity contribution in [1.29, 1.82) is 0 Å². The average Bonchev–Trinajstić information content (AvgIpc) is 3.39. The molecule has 0 bridgehead atoms. The third kappa shape index (κ3) is 5.00. The van der Waals surface area contributed by atoms with E-state index < -0.39 is 0 Å². The van der Waals surface area contributed by atoms with Crippen LogP contribution < -0.4 is 10.5 Å². The molecule has 8 nitrogen and oxygen atoms in total. The van der Waals surface area contributed by atoms with E-state index in [1.54, 1.807) is 4.57 Å². The van der Waals surface area contributed by atoms with Gasteiger partial charge in [0.15, 0.2) is 0 Å². The Balaban J connectivity index is 1.22. The first-order chi connectivity index (χ1) is 19.0. The Morgan fingerprint density at radius 2 is 1.69 bits per heavy atom. The van der Waals surface area contributed by atoms with Gasteiger partial charge < -0.3 is 9.80 Å². The number of carbonyl (C=O) groups excluding carboxylic acids is 1. The zero-order valence-corrected chi connectivity index (χ0v) is 22.5. The lowest BCUT2D eigenvalue weighted by atomic mass is 10.1. The summed E-state index contributed by atoms with van der Waals surface area (Å²) in [5, 5.41) is 10.2. The number of piperazine rings is 1. The highest BCUT2D eigenvalue weighted by molar-refractivity contribution is 6.30. The van der Waals surface area contributed by atoms with Crippen LogP contribution in [0.5, 0.6) is 0 Å². The molecule has 3 aromatic carbocycles. The second-order valence-electron chi connectivity index (χ2n) is 9.99. The fourth-order valence-electron chi connectivity index (χ4n) is 5.26. The van der Waals surface area contributed by atoms with Gasteiger partial charge in [-0.15, -0.1) is 10.2 Å². The Morgan fingerprint density at radius 3 is 2.46 bits per heavy atom. The van der Waals surface area contributed by atoms with Crippen LogP contribution in [0, 0.1) is 6.92 Å². The number of aromatic nitrogens is 4. The molecule has 3 heterocycles. The Bertz CT molecular complexity index is 1720. The van der Waals surface area contributed by atoms with Crippen LogP contribution >= 0.6 is 11.6 Å². The van der Waals surface area contributed by atoms with Crippen LogP contribution in [-0.4, -0.2) is 56.2 Å². The maximum atomic E-state index is 13.5. The van der Waals surface area contributed by atoms with Crippen LogP contribution in [0.4, 0.5) is 5.69 Å². The predicted octanol–water partition coefficient (Wildman–Crippen LogP) is 4.34. The maximum Gasteiger partial charge on any atom is 0.263 e. The molecule has 0 atom stereocenters. The number of para-hydroxylation sites is 1. The Kier molecular flexibility index (Phi) is 6.79. The van der Waals surface area contributed by atoms with Crippen LogP contribution in [-0.2, 0) is 17.8 Å². The molecule has 0 N–H and O–H groups in total.